The SMILES string of the molecule is CCCCN(CC)C(CN)c1ccccc1Cl. The Balaban J connectivity index is 2.85. The maximum atomic E-state index is 6.25. The highest BCUT2D eigenvalue weighted by Gasteiger charge is 2.19. The molecule has 1 aromatic carbocycles. The van der Waals surface area contributed by atoms with Gasteiger partial charge in [-0.3, -0.25) is 4.90 Å². The van der Waals surface area contributed by atoms with Crippen molar-refractivity contribution in [1.82, 2.24) is 4.90 Å². The Morgan fingerprint density at radius 3 is 2.53 bits per heavy atom. The number of rotatable bonds is 7. The lowest BCUT2D eigenvalue weighted by molar-refractivity contribution is 0.209. The fraction of sp³-hybridized carbons (Fsp3) is 0.571. The molecule has 96 valence electrons. The number of halogens is 1. The van der Waals surface area contributed by atoms with Gasteiger partial charge >= 0.3 is 0 Å². The normalized spacial score (nSPS) is 13.0. The van der Waals surface area contributed by atoms with Crippen LogP contribution in [0.5, 0.6) is 0 Å². The second kappa shape index (κ2) is 7.70. The summed E-state index contributed by atoms with van der Waals surface area (Å²) in [5, 5.41) is 0.817. The number of unbranched alkanes of at least 4 members (excludes halogenated alkanes) is 1. The van der Waals surface area contributed by atoms with Gasteiger partial charge in [0.1, 0.15) is 0 Å². The molecular formula is C14H23ClN2. The molecule has 0 amide bonds. The van der Waals surface area contributed by atoms with Gasteiger partial charge in [-0.15, -0.1) is 0 Å². The number of nitrogens with zero attached hydrogens (tertiary/aromatic N) is 1. The van der Waals surface area contributed by atoms with E-state index in [0.717, 1.165) is 23.7 Å². The van der Waals surface area contributed by atoms with Crippen molar-refractivity contribution in [2.24, 2.45) is 5.73 Å². The first-order chi connectivity index (χ1) is 8.24. The lowest BCUT2D eigenvalue weighted by Gasteiger charge is -2.30. The topological polar surface area (TPSA) is 29.3 Å². The minimum Gasteiger partial charge on any atom is -0.329 e. The van der Waals surface area contributed by atoms with E-state index in [1.165, 1.54) is 12.8 Å². The molecule has 0 aromatic heterocycles. The molecule has 2 N–H and O–H groups in total. The fourth-order valence-corrected chi connectivity index (χ4v) is 2.38. The summed E-state index contributed by atoms with van der Waals surface area (Å²) in [6.07, 6.45) is 2.41. The van der Waals surface area contributed by atoms with Gasteiger partial charge in [-0.05, 0) is 31.1 Å². The molecule has 0 heterocycles. The summed E-state index contributed by atoms with van der Waals surface area (Å²) < 4.78 is 0. The van der Waals surface area contributed by atoms with Gasteiger partial charge in [0.15, 0.2) is 0 Å². The maximum absolute atomic E-state index is 6.25. The smallest absolute Gasteiger partial charge is 0.0485 e. The first-order valence-corrected chi connectivity index (χ1v) is 6.80. The molecule has 1 unspecified atom stereocenters. The van der Waals surface area contributed by atoms with Gasteiger partial charge in [0.05, 0.1) is 0 Å². The van der Waals surface area contributed by atoms with Crippen molar-refractivity contribution in [1.29, 1.82) is 0 Å². The lowest BCUT2D eigenvalue weighted by atomic mass is 10.0. The largest absolute Gasteiger partial charge is 0.329 e. The third-order valence-electron chi connectivity index (χ3n) is 3.13. The lowest BCUT2D eigenvalue weighted by Crippen LogP contribution is -2.34. The van der Waals surface area contributed by atoms with E-state index in [-0.39, 0.29) is 6.04 Å². The quantitative estimate of drug-likeness (QED) is 0.808. The van der Waals surface area contributed by atoms with E-state index in [1.54, 1.807) is 0 Å². The summed E-state index contributed by atoms with van der Waals surface area (Å²) in [6.45, 7) is 7.09. The summed E-state index contributed by atoms with van der Waals surface area (Å²) in [4.78, 5) is 2.41. The second-order valence-corrected chi connectivity index (χ2v) is 4.66. The third kappa shape index (κ3) is 3.98. The van der Waals surface area contributed by atoms with Crippen LogP contribution in [0, 0.1) is 0 Å². The van der Waals surface area contributed by atoms with Crippen molar-refractivity contribution in [3.8, 4) is 0 Å². The zero-order chi connectivity index (χ0) is 12.7. The van der Waals surface area contributed by atoms with Gasteiger partial charge in [0, 0.05) is 17.6 Å². The molecule has 17 heavy (non-hydrogen) atoms. The van der Waals surface area contributed by atoms with E-state index in [9.17, 15) is 0 Å². The third-order valence-corrected chi connectivity index (χ3v) is 3.48. The van der Waals surface area contributed by atoms with Crippen molar-refractivity contribution in [2.75, 3.05) is 19.6 Å². The molecule has 1 rings (SSSR count). The molecule has 1 atom stereocenters. The molecule has 2 nitrogen and oxygen atoms in total. The van der Waals surface area contributed by atoms with Crippen LogP contribution in [-0.2, 0) is 0 Å². The van der Waals surface area contributed by atoms with Crippen LogP contribution in [0.3, 0.4) is 0 Å². The summed E-state index contributed by atoms with van der Waals surface area (Å²) in [5.41, 5.74) is 7.07. The van der Waals surface area contributed by atoms with Crippen LogP contribution in [0.4, 0.5) is 0 Å². The van der Waals surface area contributed by atoms with Gasteiger partial charge in [0.2, 0.25) is 0 Å². The molecule has 0 aliphatic heterocycles. The van der Waals surface area contributed by atoms with E-state index in [0.29, 0.717) is 6.54 Å². The highest BCUT2D eigenvalue weighted by atomic mass is 35.5. The summed E-state index contributed by atoms with van der Waals surface area (Å²) in [5.74, 6) is 0. The number of hydrogen-bond acceptors (Lipinski definition) is 2. The molecule has 0 saturated carbocycles. The predicted octanol–water partition coefficient (Wildman–Crippen LogP) is 3.46. The van der Waals surface area contributed by atoms with Crippen LogP contribution in [0.25, 0.3) is 0 Å². The Kier molecular flexibility index (Phi) is 6.56. The minimum absolute atomic E-state index is 0.236. The highest BCUT2D eigenvalue weighted by molar-refractivity contribution is 6.31. The first kappa shape index (κ1) is 14.5. The molecule has 0 spiro atoms. The first-order valence-electron chi connectivity index (χ1n) is 6.43. The van der Waals surface area contributed by atoms with E-state index in [2.05, 4.69) is 24.8 Å². The molecule has 0 saturated heterocycles. The van der Waals surface area contributed by atoms with Crippen LogP contribution in [0.15, 0.2) is 24.3 Å². The zero-order valence-corrected chi connectivity index (χ0v) is 11.6. The van der Waals surface area contributed by atoms with Crippen LogP contribution in [0.1, 0.15) is 38.3 Å². The van der Waals surface area contributed by atoms with Gasteiger partial charge < -0.3 is 5.73 Å². The van der Waals surface area contributed by atoms with E-state index in [4.69, 9.17) is 17.3 Å². The van der Waals surface area contributed by atoms with Crippen LogP contribution >= 0.6 is 11.6 Å². The Morgan fingerprint density at radius 2 is 2.00 bits per heavy atom. The standard InChI is InChI=1S/C14H23ClN2/c1-3-5-10-17(4-2)14(11-16)12-8-6-7-9-13(12)15/h6-9,14H,3-5,10-11,16H2,1-2H3. The average Bonchev–Trinajstić information content (AvgIpc) is 2.36. The highest BCUT2D eigenvalue weighted by Crippen LogP contribution is 2.26. The van der Waals surface area contributed by atoms with Crippen molar-refractivity contribution < 1.29 is 0 Å². The molecular weight excluding hydrogens is 232 g/mol. The van der Waals surface area contributed by atoms with E-state index >= 15 is 0 Å². The monoisotopic (exact) mass is 254 g/mol. The Bertz CT molecular complexity index is 328. The number of hydrogen-bond donors (Lipinski definition) is 1. The van der Waals surface area contributed by atoms with E-state index in [1.807, 2.05) is 18.2 Å². The summed E-state index contributed by atoms with van der Waals surface area (Å²) >= 11 is 6.25. The van der Waals surface area contributed by atoms with Crippen molar-refractivity contribution in [3.63, 3.8) is 0 Å². The van der Waals surface area contributed by atoms with Crippen LogP contribution < -0.4 is 5.73 Å². The van der Waals surface area contributed by atoms with E-state index < -0.39 is 0 Å². The Hall–Kier alpha value is -0.570. The van der Waals surface area contributed by atoms with Crippen LogP contribution in [-0.4, -0.2) is 24.5 Å². The van der Waals surface area contributed by atoms with Crippen LogP contribution in [0.2, 0.25) is 5.02 Å². The molecule has 3 heteroatoms. The fourth-order valence-electron chi connectivity index (χ4n) is 2.11. The van der Waals surface area contributed by atoms with Crippen molar-refractivity contribution >= 4 is 11.6 Å². The Labute approximate surface area is 110 Å². The molecule has 0 aliphatic rings. The second-order valence-electron chi connectivity index (χ2n) is 4.26. The Morgan fingerprint density at radius 1 is 1.29 bits per heavy atom. The molecule has 0 fully saturated rings. The van der Waals surface area contributed by atoms with Gasteiger partial charge in [-0.25, -0.2) is 0 Å². The molecule has 0 aliphatic carbocycles. The van der Waals surface area contributed by atoms with Crippen molar-refractivity contribution in [3.05, 3.63) is 34.9 Å². The van der Waals surface area contributed by atoms with Gasteiger partial charge in [0.25, 0.3) is 0 Å². The number of likely N-dealkylation sites (N-methyl/N-ethyl adjacent to an activating group) is 1. The molecule has 0 bridgehead atoms. The van der Waals surface area contributed by atoms with Gasteiger partial charge in [-0.2, -0.15) is 0 Å². The average molecular weight is 255 g/mol. The summed E-state index contributed by atoms with van der Waals surface area (Å²) in [7, 11) is 0. The van der Waals surface area contributed by atoms with Crippen molar-refractivity contribution in [2.45, 2.75) is 32.7 Å². The van der Waals surface area contributed by atoms with Gasteiger partial charge in [-0.1, -0.05) is 50.1 Å². The molecule has 0 radical (unpaired) electrons. The predicted molar refractivity (Wildman–Crippen MR) is 75.4 cm³/mol. The minimum atomic E-state index is 0.236. The number of nitrogens with two attached hydrogens (primary N) is 1. The number of benzene rings is 1. The molecule has 1 aromatic rings. The summed E-state index contributed by atoms with van der Waals surface area (Å²) in [6, 6.07) is 8.24. The maximum Gasteiger partial charge on any atom is 0.0485 e. The zero-order valence-electron chi connectivity index (χ0n) is 10.8.